The summed E-state index contributed by atoms with van der Waals surface area (Å²) in [4.78, 5) is 0. The fourth-order valence-corrected chi connectivity index (χ4v) is 2.85. The van der Waals surface area contributed by atoms with Gasteiger partial charge in [-0.05, 0) is 17.9 Å². The minimum absolute atomic E-state index is 0.441. The van der Waals surface area contributed by atoms with Crippen molar-refractivity contribution in [3.8, 4) is 0 Å². The lowest BCUT2D eigenvalue weighted by molar-refractivity contribution is 0.601. The Bertz CT molecular complexity index is 152. The van der Waals surface area contributed by atoms with E-state index in [0.717, 1.165) is 12.8 Å². The summed E-state index contributed by atoms with van der Waals surface area (Å²) in [6.07, 6.45) is 6.33. The molecule has 0 saturated heterocycles. The molecule has 0 amide bonds. The number of hydrogen-bond acceptors (Lipinski definition) is 0. The van der Waals surface area contributed by atoms with Gasteiger partial charge in [0.05, 0.1) is 8.07 Å². The smallest absolute Gasteiger partial charge is 0.0509 e. The van der Waals surface area contributed by atoms with Gasteiger partial charge in [0.1, 0.15) is 0 Å². The van der Waals surface area contributed by atoms with Crippen molar-refractivity contribution in [3.05, 3.63) is 25.3 Å². The molecular weight excluding hydrogens is 160 g/mol. The highest BCUT2D eigenvalue weighted by Crippen LogP contribution is 2.44. The predicted molar refractivity (Wildman–Crippen MR) is 61.3 cm³/mol. The van der Waals surface area contributed by atoms with Crippen molar-refractivity contribution in [2.24, 2.45) is 0 Å². The second kappa shape index (κ2) is 4.08. The molecule has 12 heavy (non-hydrogen) atoms. The molecule has 0 aromatic carbocycles. The molecule has 0 aliphatic rings. The third-order valence-corrected chi connectivity index (χ3v) is 7.03. The zero-order valence-corrected chi connectivity index (χ0v) is 9.98. The average Bonchev–Trinajstić information content (AvgIpc) is 1.86. The SMILES string of the molecule is C=CCC(C)(CC=C)[Si](C)(C)C. The van der Waals surface area contributed by atoms with Crippen molar-refractivity contribution in [2.75, 3.05) is 0 Å². The zero-order chi connectivity index (χ0) is 9.83. The molecule has 0 atom stereocenters. The van der Waals surface area contributed by atoms with Crippen LogP contribution in [0.4, 0.5) is 0 Å². The van der Waals surface area contributed by atoms with E-state index in [1.54, 1.807) is 0 Å². The first-order valence-corrected chi connectivity index (χ1v) is 8.09. The summed E-state index contributed by atoms with van der Waals surface area (Å²) in [5.41, 5.74) is 0. The topological polar surface area (TPSA) is 0 Å². The Labute approximate surface area is 78.4 Å². The van der Waals surface area contributed by atoms with E-state index in [1.807, 2.05) is 12.2 Å². The molecule has 0 aliphatic heterocycles. The van der Waals surface area contributed by atoms with Gasteiger partial charge in [0.2, 0.25) is 0 Å². The molecule has 0 aliphatic carbocycles. The van der Waals surface area contributed by atoms with Crippen LogP contribution in [0.15, 0.2) is 25.3 Å². The van der Waals surface area contributed by atoms with Gasteiger partial charge in [-0.1, -0.05) is 38.7 Å². The van der Waals surface area contributed by atoms with Crippen molar-refractivity contribution in [1.29, 1.82) is 0 Å². The fourth-order valence-electron chi connectivity index (χ4n) is 1.33. The van der Waals surface area contributed by atoms with E-state index in [4.69, 9.17) is 0 Å². The van der Waals surface area contributed by atoms with E-state index in [0.29, 0.717) is 5.04 Å². The van der Waals surface area contributed by atoms with Crippen molar-refractivity contribution in [1.82, 2.24) is 0 Å². The van der Waals surface area contributed by atoms with Crippen LogP contribution in [-0.2, 0) is 0 Å². The van der Waals surface area contributed by atoms with Crippen LogP contribution in [-0.4, -0.2) is 8.07 Å². The Morgan fingerprint density at radius 2 is 1.42 bits per heavy atom. The van der Waals surface area contributed by atoms with Crippen molar-refractivity contribution in [3.63, 3.8) is 0 Å². The van der Waals surface area contributed by atoms with Crippen LogP contribution in [0.1, 0.15) is 19.8 Å². The van der Waals surface area contributed by atoms with Crippen LogP contribution in [0.2, 0.25) is 24.7 Å². The number of allylic oxidation sites excluding steroid dienone is 2. The summed E-state index contributed by atoms with van der Waals surface area (Å²) in [5, 5.41) is 0.441. The minimum Gasteiger partial charge on any atom is -0.103 e. The van der Waals surface area contributed by atoms with E-state index in [-0.39, 0.29) is 0 Å². The van der Waals surface area contributed by atoms with Crippen LogP contribution in [0, 0.1) is 0 Å². The molecule has 0 aromatic heterocycles. The summed E-state index contributed by atoms with van der Waals surface area (Å²) in [6, 6.07) is 0. The van der Waals surface area contributed by atoms with Gasteiger partial charge in [-0.3, -0.25) is 0 Å². The third kappa shape index (κ3) is 2.63. The van der Waals surface area contributed by atoms with Crippen LogP contribution in [0.5, 0.6) is 0 Å². The van der Waals surface area contributed by atoms with Crippen molar-refractivity contribution < 1.29 is 0 Å². The lowest BCUT2D eigenvalue weighted by Gasteiger charge is -2.39. The van der Waals surface area contributed by atoms with Gasteiger partial charge in [0.15, 0.2) is 0 Å². The van der Waals surface area contributed by atoms with Crippen LogP contribution < -0.4 is 0 Å². The largest absolute Gasteiger partial charge is 0.103 e. The minimum atomic E-state index is -1.10. The van der Waals surface area contributed by atoms with Gasteiger partial charge in [-0.2, -0.15) is 0 Å². The van der Waals surface area contributed by atoms with E-state index < -0.39 is 8.07 Å². The molecule has 0 fully saturated rings. The molecular formula is C11H22Si. The Morgan fingerprint density at radius 3 is 1.58 bits per heavy atom. The molecule has 0 spiro atoms. The molecule has 0 nitrogen and oxygen atoms in total. The van der Waals surface area contributed by atoms with Gasteiger partial charge in [-0.15, -0.1) is 13.2 Å². The molecule has 0 rings (SSSR count). The second-order valence-electron chi connectivity index (χ2n) is 4.80. The quantitative estimate of drug-likeness (QED) is 0.441. The van der Waals surface area contributed by atoms with E-state index in [1.165, 1.54) is 0 Å². The molecule has 0 aromatic rings. The van der Waals surface area contributed by atoms with Crippen molar-refractivity contribution in [2.45, 2.75) is 44.4 Å². The molecule has 70 valence electrons. The van der Waals surface area contributed by atoms with E-state index in [2.05, 4.69) is 39.7 Å². The average molecular weight is 182 g/mol. The summed E-state index contributed by atoms with van der Waals surface area (Å²) in [5.74, 6) is 0. The predicted octanol–water partition coefficient (Wildman–Crippen LogP) is 4.24. The maximum absolute atomic E-state index is 3.83. The first-order chi connectivity index (χ1) is 5.37. The summed E-state index contributed by atoms with van der Waals surface area (Å²) < 4.78 is 0. The first-order valence-electron chi connectivity index (χ1n) is 4.59. The molecule has 0 heterocycles. The first kappa shape index (κ1) is 11.7. The number of hydrogen-bond donors (Lipinski definition) is 0. The lowest BCUT2D eigenvalue weighted by Crippen LogP contribution is -2.36. The standard InChI is InChI=1S/C11H22Si/c1-7-9-11(3,10-8-2)12(4,5)6/h7-8H,1-2,9-10H2,3-6H3. The number of rotatable bonds is 5. The Balaban J connectivity index is 4.59. The Morgan fingerprint density at radius 1 is 1.08 bits per heavy atom. The molecule has 0 saturated carbocycles. The van der Waals surface area contributed by atoms with Crippen molar-refractivity contribution >= 4 is 8.07 Å². The third-order valence-electron chi connectivity index (χ3n) is 3.00. The lowest BCUT2D eigenvalue weighted by atomic mass is 10.0. The Kier molecular flexibility index (Phi) is 3.98. The normalized spacial score (nSPS) is 12.7. The van der Waals surface area contributed by atoms with Crippen LogP contribution in [0.25, 0.3) is 0 Å². The molecule has 0 N–H and O–H groups in total. The second-order valence-corrected chi connectivity index (χ2v) is 10.5. The Hall–Kier alpha value is -0.303. The molecule has 1 heteroatoms. The van der Waals surface area contributed by atoms with Gasteiger partial charge in [-0.25, -0.2) is 0 Å². The van der Waals surface area contributed by atoms with Gasteiger partial charge in [0, 0.05) is 0 Å². The maximum Gasteiger partial charge on any atom is 0.0509 e. The molecule has 0 radical (unpaired) electrons. The maximum atomic E-state index is 3.83. The summed E-state index contributed by atoms with van der Waals surface area (Å²) >= 11 is 0. The summed E-state index contributed by atoms with van der Waals surface area (Å²) in [7, 11) is -1.10. The van der Waals surface area contributed by atoms with E-state index in [9.17, 15) is 0 Å². The fraction of sp³-hybridized carbons (Fsp3) is 0.636. The molecule has 0 unspecified atom stereocenters. The van der Waals surface area contributed by atoms with Crippen LogP contribution >= 0.6 is 0 Å². The van der Waals surface area contributed by atoms with Gasteiger partial charge < -0.3 is 0 Å². The summed E-state index contributed by atoms with van der Waals surface area (Å²) in [6.45, 7) is 17.3. The highest BCUT2D eigenvalue weighted by Gasteiger charge is 2.36. The van der Waals surface area contributed by atoms with Gasteiger partial charge >= 0.3 is 0 Å². The monoisotopic (exact) mass is 182 g/mol. The van der Waals surface area contributed by atoms with Crippen LogP contribution in [0.3, 0.4) is 0 Å². The highest BCUT2D eigenvalue weighted by atomic mass is 28.3. The van der Waals surface area contributed by atoms with E-state index >= 15 is 0 Å². The highest BCUT2D eigenvalue weighted by molar-refractivity contribution is 6.79. The van der Waals surface area contributed by atoms with Gasteiger partial charge in [0.25, 0.3) is 0 Å². The zero-order valence-electron chi connectivity index (χ0n) is 8.98. The molecule has 0 bridgehead atoms.